The lowest BCUT2D eigenvalue weighted by Gasteiger charge is -2.27. The molecule has 168 valence electrons. The monoisotopic (exact) mass is 434 g/mol. The third kappa shape index (κ3) is 5.23. The Morgan fingerprint density at radius 3 is 2.16 bits per heavy atom. The van der Waals surface area contributed by atoms with Gasteiger partial charge >= 0.3 is 0 Å². The molecule has 0 bridgehead atoms. The zero-order valence-corrected chi connectivity index (χ0v) is 18.9. The average Bonchev–Trinajstić information content (AvgIpc) is 3.07. The van der Waals surface area contributed by atoms with Crippen LogP contribution in [0.1, 0.15) is 36.6 Å². The minimum atomic E-state index is -0.543. The van der Waals surface area contributed by atoms with Gasteiger partial charge in [0.05, 0.1) is 32.5 Å². The number of methoxy groups -OCH3 is 1. The highest BCUT2D eigenvalue weighted by Crippen LogP contribution is 2.51. The maximum Gasteiger partial charge on any atom is 0.134 e. The highest BCUT2D eigenvalue weighted by Gasteiger charge is 2.44. The Labute approximate surface area is 189 Å². The Morgan fingerprint density at radius 2 is 1.50 bits per heavy atom. The Bertz CT molecular complexity index is 1000. The van der Waals surface area contributed by atoms with Crippen LogP contribution in [0.5, 0.6) is 17.2 Å². The normalized spacial score (nSPS) is 16.3. The molecule has 1 heterocycles. The summed E-state index contributed by atoms with van der Waals surface area (Å²) in [5, 5.41) is 0. The lowest BCUT2D eigenvalue weighted by atomic mass is 9.96. The molecule has 4 rings (SSSR count). The first-order chi connectivity index (χ1) is 15.6. The summed E-state index contributed by atoms with van der Waals surface area (Å²) in [6, 6.07) is 24.0. The van der Waals surface area contributed by atoms with Crippen molar-refractivity contribution in [1.29, 1.82) is 0 Å². The minimum absolute atomic E-state index is 0.283. The first kappa shape index (κ1) is 22.2. The first-order valence-corrected chi connectivity index (χ1v) is 10.9. The number of ether oxygens (including phenoxy) is 5. The molecule has 0 N–H and O–H groups in total. The topological polar surface area (TPSA) is 46.2 Å². The molecule has 1 aliphatic heterocycles. The van der Waals surface area contributed by atoms with Crippen molar-refractivity contribution in [3.05, 3.63) is 89.5 Å². The van der Waals surface area contributed by atoms with Crippen LogP contribution < -0.4 is 14.2 Å². The van der Waals surface area contributed by atoms with Crippen LogP contribution in [0.3, 0.4) is 0 Å². The molecule has 0 fully saturated rings. The third-order valence-electron chi connectivity index (χ3n) is 5.44. The van der Waals surface area contributed by atoms with E-state index in [0.29, 0.717) is 37.9 Å². The molecule has 3 aromatic carbocycles. The van der Waals surface area contributed by atoms with E-state index in [1.807, 2.05) is 74.5 Å². The van der Waals surface area contributed by atoms with Crippen LogP contribution >= 0.6 is 0 Å². The van der Waals surface area contributed by atoms with Crippen molar-refractivity contribution in [2.24, 2.45) is 0 Å². The lowest BCUT2D eigenvalue weighted by molar-refractivity contribution is -0.0701. The largest absolute Gasteiger partial charge is 0.496 e. The van der Waals surface area contributed by atoms with Crippen molar-refractivity contribution < 1.29 is 23.7 Å². The lowest BCUT2D eigenvalue weighted by Crippen LogP contribution is -2.32. The second kappa shape index (κ2) is 10.1. The first-order valence-electron chi connectivity index (χ1n) is 10.9. The summed E-state index contributed by atoms with van der Waals surface area (Å²) in [5.74, 6) is 2.13. The highest BCUT2D eigenvalue weighted by molar-refractivity contribution is 5.55. The predicted molar refractivity (Wildman–Crippen MR) is 123 cm³/mol. The molecule has 0 spiro atoms. The number of hydrogen-bond donors (Lipinski definition) is 0. The number of rotatable bonds is 10. The van der Waals surface area contributed by atoms with Gasteiger partial charge in [-0.25, -0.2) is 0 Å². The van der Waals surface area contributed by atoms with Gasteiger partial charge in [0.15, 0.2) is 0 Å². The van der Waals surface area contributed by atoms with E-state index < -0.39 is 5.60 Å². The minimum Gasteiger partial charge on any atom is -0.496 e. The maximum atomic E-state index is 6.28. The van der Waals surface area contributed by atoms with Gasteiger partial charge < -0.3 is 23.7 Å². The molecule has 0 aliphatic carbocycles. The van der Waals surface area contributed by atoms with Crippen molar-refractivity contribution in [3.8, 4) is 17.2 Å². The molecular formula is C27H30O5. The molecular weight excluding hydrogens is 404 g/mol. The number of hydrogen-bond acceptors (Lipinski definition) is 5. The van der Waals surface area contributed by atoms with E-state index in [-0.39, 0.29) is 6.10 Å². The van der Waals surface area contributed by atoms with Crippen LogP contribution in [0.4, 0.5) is 0 Å². The van der Waals surface area contributed by atoms with Gasteiger partial charge in [-0.1, -0.05) is 60.7 Å². The molecule has 1 unspecified atom stereocenters. The SMILES string of the molecule is COc1cc(OCc2ccccc2)c2c(c1)OC(C)(C)C2OCCOCc1ccccc1. The van der Waals surface area contributed by atoms with Crippen LogP contribution in [0.2, 0.25) is 0 Å². The fraction of sp³-hybridized carbons (Fsp3) is 0.333. The van der Waals surface area contributed by atoms with E-state index in [4.69, 9.17) is 23.7 Å². The van der Waals surface area contributed by atoms with Crippen molar-refractivity contribution in [2.75, 3.05) is 20.3 Å². The Morgan fingerprint density at radius 1 is 0.844 bits per heavy atom. The van der Waals surface area contributed by atoms with Crippen LogP contribution in [-0.4, -0.2) is 25.9 Å². The van der Waals surface area contributed by atoms with E-state index >= 15 is 0 Å². The molecule has 5 nitrogen and oxygen atoms in total. The van der Waals surface area contributed by atoms with Crippen LogP contribution in [0, 0.1) is 0 Å². The van der Waals surface area contributed by atoms with Crippen LogP contribution in [0.25, 0.3) is 0 Å². The van der Waals surface area contributed by atoms with E-state index in [9.17, 15) is 0 Å². The zero-order chi connectivity index (χ0) is 22.4. The highest BCUT2D eigenvalue weighted by atomic mass is 16.6. The Kier molecular flexibility index (Phi) is 6.98. The zero-order valence-electron chi connectivity index (χ0n) is 18.9. The van der Waals surface area contributed by atoms with E-state index in [0.717, 1.165) is 22.4 Å². The smallest absolute Gasteiger partial charge is 0.134 e. The molecule has 0 radical (unpaired) electrons. The van der Waals surface area contributed by atoms with Crippen molar-refractivity contribution in [2.45, 2.75) is 38.8 Å². The Hall–Kier alpha value is -3.02. The second-order valence-corrected chi connectivity index (χ2v) is 8.31. The van der Waals surface area contributed by atoms with Gasteiger partial charge in [-0.2, -0.15) is 0 Å². The van der Waals surface area contributed by atoms with Crippen molar-refractivity contribution >= 4 is 0 Å². The quantitative estimate of drug-likeness (QED) is 0.382. The molecule has 1 aliphatic rings. The van der Waals surface area contributed by atoms with Crippen LogP contribution in [-0.2, 0) is 22.7 Å². The Balaban J connectivity index is 1.45. The molecule has 0 aromatic heterocycles. The molecule has 1 atom stereocenters. The molecule has 5 heteroatoms. The van der Waals surface area contributed by atoms with Gasteiger partial charge in [0.25, 0.3) is 0 Å². The summed E-state index contributed by atoms with van der Waals surface area (Å²) >= 11 is 0. The summed E-state index contributed by atoms with van der Waals surface area (Å²) in [4.78, 5) is 0. The van der Waals surface area contributed by atoms with Crippen molar-refractivity contribution in [1.82, 2.24) is 0 Å². The van der Waals surface area contributed by atoms with E-state index in [1.54, 1.807) is 7.11 Å². The van der Waals surface area contributed by atoms with E-state index in [2.05, 4.69) is 12.1 Å². The van der Waals surface area contributed by atoms with E-state index in [1.165, 1.54) is 0 Å². The molecule has 0 amide bonds. The maximum absolute atomic E-state index is 6.28. The average molecular weight is 435 g/mol. The van der Waals surface area contributed by atoms with Gasteiger partial charge in [0, 0.05) is 12.1 Å². The number of fused-ring (bicyclic) bond motifs is 1. The molecule has 32 heavy (non-hydrogen) atoms. The predicted octanol–water partition coefficient (Wildman–Crippen LogP) is 5.72. The summed E-state index contributed by atoms with van der Waals surface area (Å²) in [6.07, 6.45) is -0.283. The summed E-state index contributed by atoms with van der Waals surface area (Å²) < 4.78 is 30.0. The fourth-order valence-electron chi connectivity index (χ4n) is 3.85. The van der Waals surface area contributed by atoms with Crippen molar-refractivity contribution in [3.63, 3.8) is 0 Å². The van der Waals surface area contributed by atoms with Gasteiger partial charge in [-0.15, -0.1) is 0 Å². The summed E-state index contributed by atoms with van der Waals surface area (Å²) in [7, 11) is 1.64. The second-order valence-electron chi connectivity index (χ2n) is 8.31. The van der Waals surface area contributed by atoms with Crippen LogP contribution in [0.15, 0.2) is 72.8 Å². The standard InChI is InChI=1S/C27H30O5/c1-27(2)26(30-15-14-29-18-20-10-6-4-7-11-20)25-23(16-22(28-3)17-24(25)32-27)31-19-21-12-8-5-9-13-21/h4-13,16-17,26H,14-15,18-19H2,1-3H3. The molecule has 0 saturated heterocycles. The summed E-state index contributed by atoms with van der Waals surface area (Å²) in [6.45, 7) is 6.01. The fourth-order valence-corrected chi connectivity index (χ4v) is 3.85. The van der Waals surface area contributed by atoms with Gasteiger partial charge in [-0.3, -0.25) is 0 Å². The number of benzene rings is 3. The van der Waals surface area contributed by atoms with Gasteiger partial charge in [-0.05, 0) is 25.0 Å². The summed E-state index contributed by atoms with van der Waals surface area (Å²) in [5.41, 5.74) is 2.61. The molecule has 3 aromatic rings. The third-order valence-corrected chi connectivity index (χ3v) is 5.44. The molecule has 0 saturated carbocycles. The van der Waals surface area contributed by atoms with Gasteiger partial charge in [0.2, 0.25) is 0 Å². The van der Waals surface area contributed by atoms with Gasteiger partial charge in [0.1, 0.15) is 35.6 Å².